The zero-order valence-electron chi connectivity index (χ0n) is 14.6. The third-order valence-electron chi connectivity index (χ3n) is 3.21. The number of carbonyl (C=O) groups excluding carboxylic acids is 1. The highest BCUT2D eigenvalue weighted by molar-refractivity contribution is 5.75. The van der Waals surface area contributed by atoms with E-state index in [-0.39, 0.29) is 32.3 Å². The predicted octanol–water partition coefficient (Wildman–Crippen LogP) is 0.185. The number of nitrogens with two attached hydrogens (primary N) is 2. The van der Waals surface area contributed by atoms with Gasteiger partial charge in [-0.3, -0.25) is 19.2 Å². The number of esters is 1. The Bertz CT molecular complexity index is 621. The zero-order valence-corrected chi connectivity index (χ0v) is 14.6. The minimum atomic E-state index is -1.17. The Hall–Kier alpha value is -2.98. The van der Waals surface area contributed by atoms with Crippen LogP contribution >= 0.6 is 0 Å². The molecule has 1 aromatic carbocycles. The Morgan fingerprint density at radius 3 is 1.78 bits per heavy atom. The molecular weight excluding hydrogens is 360 g/mol. The van der Waals surface area contributed by atoms with Gasteiger partial charge in [-0.05, 0) is 18.4 Å². The summed E-state index contributed by atoms with van der Waals surface area (Å²) in [6.45, 7) is 0.196. The molecule has 0 radical (unpaired) electrons. The van der Waals surface area contributed by atoms with Gasteiger partial charge in [-0.2, -0.15) is 0 Å². The minimum Gasteiger partial charge on any atom is -0.481 e. The first kappa shape index (κ1) is 24.0. The van der Waals surface area contributed by atoms with Crippen LogP contribution in [0, 0.1) is 0 Å². The predicted molar refractivity (Wildman–Crippen MR) is 93.6 cm³/mol. The second-order valence-electron chi connectivity index (χ2n) is 5.51. The van der Waals surface area contributed by atoms with Crippen molar-refractivity contribution in [3.63, 3.8) is 0 Å². The van der Waals surface area contributed by atoms with Gasteiger partial charge in [0.1, 0.15) is 18.7 Å². The van der Waals surface area contributed by atoms with Crippen molar-refractivity contribution < 1.29 is 39.2 Å². The summed E-state index contributed by atoms with van der Waals surface area (Å²) in [4.78, 5) is 41.6. The van der Waals surface area contributed by atoms with Gasteiger partial charge in [-0.1, -0.05) is 30.3 Å². The molecule has 1 aromatic rings. The molecule has 10 nitrogen and oxygen atoms in total. The van der Waals surface area contributed by atoms with E-state index in [1.807, 2.05) is 30.3 Å². The average Bonchev–Trinajstić information content (AvgIpc) is 2.63. The highest BCUT2D eigenvalue weighted by Crippen LogP contribution is 2.03. The van der Waals surface area contributed by atoms with Gasteiger partial charge in [0.05, 0.1) is 0 Å². The van der Waals surface area contributed by atoms with Crippen molar-refractivity contribution in [1.82, 2.24) is 0 Å². The fraction of sp³-hybridized carbons (Fsp3) is 0.412. The lowest BCUT2D eigenvalue weighted by Gasteiger charge is -2.07. The fourth-order valence-corrected chi connectivity index (χ4v) is 1.61. The number of rotatable bonds is 10. The SMILES string of the molecule is N[C@@H](CCC(=O)O)C(=O)O.N[C@@H](CCC(=O)OCc1ccccc1)C(=O)O. The molecule has 0 aliphatic carbocycles. The van der Waals surface area contributed by atoms with Crippen molar-refractivity contribution in [2.45, 2.75) is 44.4 Å². The molecular formula is C17H24N2O8. The van der Waals surface area contributed by atoms with Gasteiger partial charge < -0.3 is 31.5 Å². The first-order valence-electron chi connectivity index (χ1n) is 8.01. The van der Waals surface area contributed by atoms with Gasteiger partial charge in [-0.25, -0.2) is 0 Å². The van der Waals surface area contributed by atoms with E-state index in [9.17, 15) is 19.2 Å². The summed E-state index contributed by atoms with van der Waals surface area (Å²) in [5, 5.41) is 24.8. The Kier molecular flexibility index (Phi) is 11.8. The molecule has 0 bridgehead atoms. The van der Waals surface area contributed by atoms with E-state index in [1.165, 1.54) is 0 Å². The van der Waals surface area contributed by atoms with Crippen LogP contribution in [0.1, 0.15) is 31.2 Å². The summed E-state index contributed by atoms with van der Waals surface area (Å²) >= 11 is 0. The normalized spacial score (nSPS) is 12.1. The topological polar surface area (TPSA) is 190 Å². The van der Waals surface area contributed by atoms with Crippen molar-refractivity contribution in [3.05, 3.63) is 35.9 Å². The van der Waals surface area contributed by atoms with E-state index < -0.39 is 36.0 Å². The van der Waals surface area contributed by atoms with Crippen LogP contribution in [0.5, 0.6) is 0 Å². The molecule has 0 heterocycles. The maximum absolute atomic E-state index is 11.3. The third kappa shape index (κ3) is 13.0. The van der Waals surface area contributed by atoms with E-state index in [0.29, 0.717) is 0 Å². The molecule has 10 heteroatoms. The lowest BCUT2D eigenvalue weighted by Crippen LogP contribution is -2.30. The van der Waals surface area contributed by atoms with Crippen LogP contribution in [-0.4, -0.2) is 51.3 Å². The van der Waals surface area contributed by atoms with Gasteiger partial charge in [0.2, 0.25) is 0 Å². The van der Waals surface area contributed by atoms with E-state index >= 15 is 0 Å². The summed E-state index contributed by atoms with van der Waals surface area (Å²) < 4.78 is 4.97. The quantitative estimate of drug-likeness (QED) is 0.348. The monoisotopic (exact) mass is 384 g/mol. The molecule has 7 N–H and O–H groups in total. The van der Waals surface area contributed by atoms with Crippen molar-refractivity contribution in [2.24, 2.45) is 11.5 Å². The number of carboxylic acid groups (broad SMARTS) is 3. The Balaban J connectivity index is 0.000000580. The summed E-state index contributed by atoms with van der Waals surface area (Å²) in [6, 6.07) is 7.19. The third-order valence-corrected chi connectivity index (χ3v) is 3.21. The number of carbonyl (C=O) groups is 4. The van der Waals surface area contributed by atoms with Crippen molar-refractivity contribution in [2.75, 3.05) is 0 Å². The molecule has 1 rings (SSSR count). The first-order chi connectivity index (χ1) is 12.6. The fourth-order valence-electron chi connectivity index (χ4n) is 1.61. The van der Waals surface area contributed by atoms with Crippen LogP contribution in [-0.2, 0) is 30.5 Å². The van der Waals surface area contributed by atoms with Crippen LogP contribution in [0.2, 0.25) is 0 Å². The van der Waals surface area contributed by atoms with E-state index in [4.69, 9.17) is 31.5 Å². The molecule has 27 heavy (non-hydrogen) atoms. The van der Waals surface area contributed by atoms with Gasteiger partial charge in [-0.15, -0.1) is 0 Å². The summed E-state index contributed by atoms with van der Waals surface area (Å²) in [6.07, 6.45) is -0.124. The van der Waals surface area contributed by atoms with Gasteiger partial charge in [0, 0.05) is 12.8 Å². The minimum absolute atomic E-state index is 0.0142. The Morgan fingerprint density at radius 2 is 1.33 bits per heavy atom. The number of carboxylic acids is 3. The second-order valence-corrected chi connectivity index (χ2v) is 5.51. The van der Waals surface area contributed by atoms with E-state index in [0.717, 1.165) is 5.56 Å². The number of ether oxygens (including phenoxy) is 1. The van der Waals surface area contributed by atoms with E-state index in [2.05, 4.69) is 0 Å². The lowest BCUT2D eigenvalue weighted by atomic mass is 10.2. The average molecular weight is 384 g/mol. The number of aliphatic carboxylic acids is 3. The molecule has 0 fully saturated rings. The van der Waals surface area contributed by atoms with Crippen LogP contribution in [0.15, 0.2) is 30.3 Å². The van der Waals surface area contributed by atoms with Crippen molar-refractivity contribution >= 4 is 23.9 Å². The molecule has 0 spiro atoms. The number of hydrogen-bond donors (Lipinski definition) is 5. The molecule has 0 saturated carbocycles. The number of benzene rings is 1. The molecule has 0 aliphatic heterocycles. The van der Waals surface area contributed by atoms with E-state index in [1.54, 1.807) is 0 Å². The highest BCUT2D eigenvalue weighted by Gasteiger charge is 2.14. The largest absolute Gasteiger partial charge is 0.481 e. The molecule has 0 amide bonds. The standard InChI is InChI=1S/C12H15NO4.C5H9NO4/c13-10(12(15)16)6-7-11(14)17-8-9-4-2-1-3-5-9;6-3(5(9)10)1-2-4(7)8/h1-5,10H,6-8,13H2,(H,15,16);3H,1-2,6H2,(H,7,8)(H,9,10)/t10-;3-/m00/s1. The number of hydrogen-bond acceptors (Lipinski definition) is 7. The molecule has 0 aromatic heterocycles. The Labute approximate surface area is 155 Å². The second kappa shape index (κ2) is 13.3. The van der Waals surface area contributed by atoms with Gasteiger partial charge in [0.15, 0.2) is 0 Å². The molecule has 150 valence electrons. The smallest absolute Gasteiger partial charge is 0.320 e. The maximum Gasteiger partial charge on any atom is 0.320 e. The molecule has 0 aliphatic rings. The van der Waals surface area contributed by atoms with Crippen LogP contribution in [0.4, 0.5) is 0 Å². The van der Waals surface area contributed by atoms with Gasteiger partial charge in [0.25, 0.3) is 0 Å². The highest BCUT2D eigenvalue weighted by atomic mass is 16.5. The van der Waals surface area contributed by atoms with Crippen LogP contribution < -0.4 is 11.5 Å². The van der Waals surface area contributed by atoms with Crippen molar-refractivity contribution in [1.29, 1.82) is 0 Å². The lowest BCUT2D eigenvalue weighted by molar-refractivity contribution is -0.146. The van der Waals surface area contributed by atoms with Gasteiger partial charge >= 0.3 is 23.9 Å². The summed E-state index contributed by atoms with van der Waals surface area (Å²) in [5.41, 5.74) is 11.2. The first-order valence-corrected chi connectivity index (χ1v) is 8.01. The van der Waals surface area contributed by atoms with Crippen LogP contribution in [0.25, 0.3) is 0 Å². The van der Waals surface area contributed by atoms with Crippen molar-refractivity contribution in [3.8, 4) is 0 Å². The van der Waals surface area contributed by atoms with Crippen LogP contribution in [0.3, 0.4) is 0 Å². The summed E-state index contributed by atoms with van der Waals surface area (Å²) in [5.74, 6) is -3.75. The zero-order chi connectivity index (χ0) is 20.8. The Morgan fingerprint density at radius 1 is 0.852 bits per heavy atom. The molecule has 0 saturated heterocycles. The maximum atomic E-state index is 11.3. The summed E-state index contributed by atoms with van der Waals surface area (Å²) in [7, 11) is 0. The molecule has 0 unspecified atom stereocenters. The molecule has 2 atom stereocenters.